The maximum absolute atomic E-state index is 11.1. The summed E-state index contributed by atoms with van der Waals surface area (Å²) in [6.07, 6.45) is 2.20. The zero-order valence-corrected chi connectivity index (χ0v) is 9.90. The van der Waals surface area contributed by atoms with Crippen molar-refractivity contribution in [1.29, 1.82) is 0 Å². The standard InChI is InChI=1S/C12H18N2O2/c1-3-14-6-4-10(5-7-14)12-8-11(9(2)15)13-16-12/h8,10H,3-7H2,1-2H3. The van der Waals surface area contributed by atoms with Gasteiger partial charge in [-0.1, -0.05) is 12.1 Å². The second kappa shape index (κ2) is 4.78. The lowest BCUT2D eigenvalue weighted by Gasteiger charge is -2.29. The second-order valence-electron chi connectivity index (χ2n) is 4.38. The Bertz CT molecular complexity index is 365. The predicted molar refractivity (Wildman–Crippen MR) is 60.6 cm³/mol. The molecular formula is C12H18N2O2. The molecule has 1 saturated heterocycles. The summed E-state index contributed by atoms with van der Waals surface area (Å²) < 4.78 is 5.24. The van der Waals surface area contributed by atoms with Crippen LogP contribution in [0.3, 0.4) is 0 Å². The SMILES string of the molecule is CCN1CCC(c2cc(C(C)=O)no2)CC1. The predicted octanol–water partition coefficient (Wildman–Crippen LogP) is 2.08. The number of ketones is 1. The topological polar surface area (TPSA) is 46.3 Å². The average Bonchev–Trinajstić information content (AvgIpc) is 2.78. The van der Waals surface area contributed by atoms with Crippen LogP contribution in [0.2, 0.25) is 0 Å². The molecule has 88 valence electrons. The van der Waals surface area contributed by atoms with Gasteiger partial charge in [0, 0.05) is 18.9 Å². The molecule has 0 saturated carbocycles. The highest BCUT2D eigenvalue weighted by atomic mass is 16.5. The number of carbonyl (C=O) groups is 1. The molecule has 0 unspecified atom stereocenters. The van der Waals surface area contributed by atoms with Crippen molar-refractivity contribution in [3.63, 3.8) is 0 Å². The summed E-state index contributed by atoms with van der Waals surface area (Å²) >= 11 is 0. The Kier molecular flexibility index (Phi) is 3.39. The second-order valence-corrected chi connectivity index (χ2v) is 4.38. The van der Waals surface area contributed by atoms with Crippen LogP contribution in [0, 0.1) is 0 Å². The van der Waals surface area contributed by atoms with Crippen LogP contribution in [0.5, 0.6) is 0 Å². The Morgan fingerprint density at radius 2 is 2.25 bits per heavy atom. The van der Waals surface area contributed by atoms with Crippen LogP contribution in [-0.2, 0) is 0 Å². The van der Waals surface area contributed by atoms with E-state index in [9.17, 15) is 4.79 Å². The molecule has 1 aromatic heterocycles. The first-order valence-corrected chi connectivity index (χ1v) is 5.90. The molecule has 0 N–H and O–H groups in total. The molecule has 0 spiro atoms. The summed E-state index contributed by atoms with van der Waals surface area (Å²) in [5.41, 5.74) is 0.452. The van der Waals surface area contributed by atoms with Crippen molar-refractivity contribution in [2.45, 2.75) is 32.6 Å². The van der Waals surface area contributed by atoms with Crippen molar-refractivity contribution in [3.05, 3.63) is 17.5 Å². The maximum Gasteiger partial charge on any atom is 0.181 e. The fourth-order valence-electron chi connectivity index (χ4n) is 2.18. The zero-order valence-electron chi connectivity index (χ0n) is 9.90. The monoisotopic (exact) mass is 222 g/mol. The molecule has 0 bridgehead atoms. The minimum absolute atomic E-state index is 0.0269. The molecule has 0 atom stereocenters. The van der Waals surface area contributed by atoms with E-state index in [1.54, 1.807) is 6.07 Å². The fourth-order valence-corrected chi connectivity index (χ4v) is 2.18. The van der Waals surface area contributed by atoms with Gasteiger partial charge in [-0.2, -0.15) is 0 Å². The lowest BCUT2D eigenvalue weighted by Crippen LogP contribution is -2.32. The number of carbonyl (C=O) groups excluding carboxylic acids is 1. The normalized spacial score (nSPS) is 18.9. The van der Waals surface area contributed by atoms with Gasteiger partial charge in [-0.15, -0.1) is 0 Å². The molecule has 0 radical (unpaired) electrons. The molecular weight excluding hydrogens is 204 g/mol. The number of piperidine rings is 1. The van der Waals surface area contributed by atoms with Crippen molar-refractivity contribution in [2.24, 2.45) is 0 Å². The fraction of sp³-hybridized carbons (Fsp3) is 0.667. The molecule has 0 aromatic carbocycles. The molecule has 0 amide bonds. The number of hydrogen-bond acceptors (Lipinski definition) is 4. The van der Waals surface area contributed by atoms with Crippen LogP contribution in [0.4, 0.5) is 0 Å². The molecule has 4 nitrogen and oxygen atoms in total. The van der Waals surface area contributed by atoms with E-state index in [2.05, 4.69) is 17.0 Å². The number of nitrogens with zero attached hydrogens (tertiary/aromatic N) is 2. The van der Waals surface area contributed by atoms with Crippen LogP contribution in [0.1, 0.15) is 48.9 Å². The van der Waals surface area contributed by atoms with Gasteiger partial charge in [-0.3, -0.25) is 4.79 Å². The minimum atomic E-state index is -0.0269. The molecule has 16 heavy (non-hydrogen) atoms. The summed E-state index contributed by atoms with van der Waals surface area (Å²) in [6, 6.07) is 1.80. The van der Waals surface area contributed by atoms with Crippen LogP contribution in [0.25, 0.3) is 0 Å². The molecule has 2 heterocycles. The maximum atomic E-state index is 11.1. The van der Waals surface area contributed by atoms with Crippen LogP contribution >= 0.6 is 0 Å². The number of likely N-dealkylation sites (tertiary alicyclic amines) is 1. The highest BCUT2D eigenvalue weighted by Gasteiger charge is 2.23. The summed E-state index contributed by atoms with van der Waals surface area (Å²) in [7, 11) is 0. The lowest BCUT2D eigenvalue weighted by molar-refractivity contribution is 0.100. The highest BCUT2D eigenvalue weighted by molar-refractivity contribution is 5.91. The largest absolute Gasteiger partial charge is 0.360 e. The Labute approximate surface area is 95.6 Å². The smallest absolute Gasteiger partial charge is 0.181 e. The van der Waals surface area contributed by atoms with Crippen molar-refractivity contribution >= 4 is 5.78 Å². The van der Waals surface area contributed by atoms with Crippen LogP contribution in [-0.4, -0.2) is 35.5 Å². The zero-order chi connectivity index (χ0) is 11.5. The number of hydrogen-bond donors (Lipinski definition) is 0. The van der Waals surface area contributed by atoms with Gasteiger partial charge >= 0.3 is 0 Å². The number of rotatable bonds is 3. The Hall–Kier alpha value is -1.16. The summed E-state index contributed by atoms with van der Waals surface area (Å²) in [5, 5.41) is 3.79. The van der Waals surface area contributed by atoms with Gasteiger partial charge in [0.05, 0.1) is 0 Å². The third-order valence-corrected chi connectivity index (χ3v) is 3.33. The molecule has 1 fully saturated rings. The molecule has 1 aromatic rings. The van der Waals surface area contributed by atoms with Gasteiger partial charge in [-0.25, -0.2) is 0 Å². The van der Waals surface area contributed by atoms with Gasteiger partial charge in [-0.05, 0) is 32.5 Å². The molecule has 0 aliphatic carbocycles. The third kappa shape index (κ3) is 2.32. The Balaban J connectivity index is 2.00. The van der Waals surface area contributed by atoms with E-state index in [0.717, 1.165) is 38.2 Å². The van der Waals surface area contributed by atoms with Gasteiger partial charge in [0.25, 0.3) is 0 Å². The van der Waals surface area contributed by atoms with Crippen molar-refractivity contribution in [2.75, 3.05) is 19.6 Å². The summed E-state index contributed by atoms with van der Waals surface area (Å²) in [4.78, 5) is 13.5. The molecule has 2 rings (SSSR count). The van der Waals surface area contributed by atoms with Crippen LogP contribution < -0.4 is 0 Å². The number of Topliss-reactive ketones (excluding diaryl/α,β-unsaturated/α-hetero) is 1. The van der Waals surface area contributed by atoms with Crippen molar-refractivity contribution in [3.8, 4) is 0 Å². The van der Waals surface area contributed by atoms with E-state index in [1.165, 1.54) is 6.92 Å². The minimum Gasteiger partial charge on any atom is -0.360 e. The molecule has 1 aliphatic rings. The Morgan fingerprint density at radius 1 is 1.56 bits per heavy atom. The molecule has 1 aliphatic heterocycles. The lowest BCUT2D eigenvalue weighted by atomic mass is 9.94. The number of aromatic nitrogens is 1. The average molecular weight is 222 g/mol. The summed E-state index contributed by atoms with van der Waals surface area (Å²) in [6.45, 7) is 7.03. The van der Waals surface area contributed by atoms with E-state index >= 15 is 0 Å². The van der Waals surface area contributed by atoms with Gasteiger partial charge in [0.2, 0.25) is 0 Å². The van der Waals surface area contributed by atoms with Crippen molar-refractivity contribution in [1.82, 2.24) is 10.1 Å². The first kappa shape index (κ1) is 11.3. The third-order valence-electron chi connectivity index (χ3n) is 3.33. The quantitative estimate of drug-likeness (QED) is 0.734. The van der Waals surface area contributed by atoms with E-state index in [4.69, 9.17) is 4.52 Å². The summed E-state index contributed by atoms with van der Waals surface area (Å²) in [5.74, 6) is 1.28. The van der Waals surface area contributed by atoms with Crippen LogP contribution in [0.15, 0.2) is 10.6 Å². The Morgan fingerprint density at radius 3 is 2.75 bits per heavy atom. The van der Waals surface area contributed by atoms with Gasteiger partial charge < -0.3 is 9.42 Å². The van der Waals surface area contributed by atoms with E-state index in [-0.39, 0.29) is 5.78 Å². The van der Waals surface area contributed by atoms with E-state index < -0.39 is 0 Å². The first-order valence-electron chi connectivity index (χ1n) is 5.90. The molecule has 4 heteroatoms. The van der Waals surface area contributed by atoms with E-state index in [1.807, 2.05) is 0 Å². The highest BCUT2D eigenvalue weighted by Crippen LogP contribution is 2.28. The first-order chi connectivity index (χ1) is 7.70. The van der Waals surface area contributed by atoms with E-state index in [0.29, 0.717) is 11.6 Å². The van der Waals surface area contributed by atoms with Gasteiger partial charge in [0.15, 0.2) is 5.78 Å². The van der Waals surface area contributed by atoms with Crippen molar-refractivity contribution < 1.29 is 9.32 Å². The van der Waals surface area contributed by atoms with Gasteiger partial charge in [0.1, 0.15) is 11.5 Å².